The van der Waals surface area contributed by atoms with Gasteiger partial charge in [0.1, 0.15) is 17.5 Å². The number of piperidine rings is 1. The summed E-state index contributed by atoms with van der Waals surface area (Å²) >= 11 is 0. The molecule has 0 aromatic heterocycles. The minimum atomic E-state index is -0.434. The number of amides is 1. The zero-order valence-electron chi connectivity index (χ0n) is 19.0. The second-order valence-electron chi connectivity index (χ2n) is 8.99. The van der Waals surface area contributed by atoms with Crippen LogP contribution in [0.4, 0.5) is 13.2 Å². The molecule has 0 radical (unpaired) electrons. The third kappa shape index (κ3) is 6.56. The van der Waals surface area contributed by atoms with Crippen molar-refractivity contribution >= 4 is 5.91 Å². The number of halogens is 3. The minimum Gasteiger partial charge on any atom is -0.341 e. The van der Waals surface area contributed by atoms with Gasteiger partial charge in [0.15, 0.2) is 0 Å². The van der Waals surface area contributed by atoms with Gasteiger partial charge >= 0.3 is 0 Å². The Morgan fingerprint density at radius 3 is 2.25 bits per heavy atom. The number of carbonyl (C=O) groups excluding carboxylic acids is 1. The Bertz CT molecular complexity index is 896. The first kappa shape index (κ1) is 24.3. The molecule has 0 spiro atoms. The Balaban J connectivity index is 1.68. The van der Waals surface area contributed by atoms with Crippen molar-refractivity contribution in [2.24, 2.45) is 5.92 Å². The SMILES string of the molecule is CN(C)CC(=O)N(C)C(Cc1ccc(F)cc1)C1CCN(Cc2cc(F)ccc2F)CC1. The molecule has 1 amide bonds. The number of likely N-dealkylation sites (tertiary alicyclic amines) is 1. The maximum atomic E-state index is 14.0. The molecular weight excluding hydrogens is 415 g/mol. The van der Waals surface area contributed by atoms with Gasteiger partial charge in [0, 0.05) is 25.2 Å². The standard InChI is InChI=1S/C25H32F3N3O/c1-29(2)17-25(32)30(3)24(14-18-4-6-21(26)7-5-18)19-10-12-31(13-11-19)16-20-15-22(27)8-9-23(20)28/h4-9,15,19,24H,10-14,16-17H2,1-3H3. The Morgan fingerprint density at radius 1 is 1.00 bits per heavy atom. The van der Waals surface area contributed by atoms with Crippen LogP contribution in [-0.4, -0.2) is 67.4 Å². The summed E-state index contributed by atoms with van der Waals surface area (Å²) in [6.45, 7) is 2.19. The highest BCUT2D eigenvalue weighted by Crippen LogP contribution is 2.28. The fourth-order valence-corrected chi connectivity index (χ4v) is 4.45. The number of likely N-dealkylation sites (N-methyl/N-ethyl adjacent to an activating group) is 2. The Labute approximate surface area is 188 Å². The predicted molar refractivity (Wildman–Crippen MR) is 120 cm³/mol. The summed E-state index contributed by atoms with van der Waals surface area (Å²) in [7, 11) is 5.57. The van der Waals surface area contributed by atoms with E-state index in [0.29, 0.717) is 25.1 Å². The van der Waals surface area contributed by atoms with Crippen molar-refractivity contribution < 1.29 is 18.0 Å². The van der Waals surface area contributed by atoms with E-state index in [0.717, 1.165) is 37.6 Å². The summed E-state index contributed by atoms with van der Waals surface area (Å²) in [6, 6.07) is 9.98. The van der Waals surface area contributed by atoms with E-state index in [2.05, 4.69) is 4.90 Å². The molecule has 3 rings (SSSR count). The molecule has 174 valence electrons. The highest BCUT2D eigenvalue weighted by Gasteiger charge is 2.32. The quantitative estimate of drug-likeness (QED) is 0.613. The first-order chi connectivity index (χ1) is 15.2. The van der Waals surface area contributed by atoms with Crippen LogP contribution in [0.15, 0.2) is 42.5 Å². The molecule has 0 aliphatic carbocycles. The average Bonchev–Trinajstić information content (AvgIpc) is 2.75. The van der Waals surface area contributed by atoms with Gasteiger partial charge < -0.3 is 9.80 Å². The van der Waals surface area contributed by atoms with E-state index < -0.39 is 11.6 Å². The second kappa shape index (κ2) is 11.0. The van der Waals surface area contributed by atoms with E-state index in [1.165, 1.54) is 24.3 Å². The van der Waals surface area contributed by atoms with Crippen molar-refractivity contribution in [2.45, 2.75) is 31.8 Å². The monoisotopic (exact) mass is 447 g/mol. The van der Waals surface area contributed by atoms with Crippen LogP contribution in [0.2, 0.25) is 0 Å². The van der Waals surface area contributed by atoms with Crippen LogP contribution in [0.1, 0.15) is 24.0 Å². The van der Waals surface area contributed by atoms with Crippen molar-refractivity contribution in [3.8, 4) is 0 Å². The minimum absolute atomic E-state index is 0.0130. The number of rotatable bonds is 8. The lowest BCUT2D eigenvalue weighted by Gasteiger charge is -2.40. The van der Waals surface area contributed by atoms with Gasteiger partial charge in [0.25, 0.3) is 0 Å². The van der Waals surface area contributed by atoms with Crippen LogP contribution in [-0.2, 0) is 17.8 Å². The van der Waals surface area contributed by atoms with Crippen molar-refractivity contribution in [1.82, 2.24) is 14.7 Å². The van der Waals surface area contributed by atoms with Crippen LogP contribution in [0.3, 0.4) is 0 Å². The van der Waals surface area contributed by atoms with Crippen LogP contribution >= 0.6 is 0 Å². The predicted octanol–water partition coefficient (Wildman–Crippen LogP) is 3.95. The van der Waals surface area contributed by atoms with Crippen LogP contribution < -0.4 is 0 Å². The van der Waals surface area contributed by atoms with Gasteiger partial charge in [-0.15, -0.1) is 0 Å². The van der Waals surface area contributed by atoms with Crippen molar-refractivity contribution in [3.05, 3.63) is 71.0 Å². The van der Waals surface area contributed by atoms with Gasteiger partial charge in [-0.25, -0.2) is 13.2 Å². The van der Waals surface area contributed by atoms with Gasteiger partial charge in [0.05, 0.1) is 6.54 Å². The molecule has 2 aromatic carbocycles. The zero-order chi connectivity index (χ0) is 23.3. The lowest BCUT2D eigenvalue weighted by atomic mass is 9.84. The summed E-state index contributed by atoms with van der Waals surface area (Å²) in [5.41, 5.74) is 1.36. The maximum Gasteiger partial charge on any atom is 0.236 e. The zero-order valence-corrected chi connectivity index (χ0v) is 19.0. The van der Waals surface area contributed by atoms with E-state index in [1.54, 1.807) is 12.1 Å². The van der Waals surface area contributed by atoms with E-state index >= 15 is 0 Å². The van der Waals surface area contributed by atoms with Crippen LogP contribution in [0.5, 0.6) is 0 Å². The molecule has 0 saturated carbocycles. The first-order valence-electron chi connectivity index (χ1n) is 11.0. The summed E-state index contributed by atoms with van der Waals surface area (Å²) in [6.07, 6.45) is 2.35. The molecule has 1 saturated heterocycles. The van der Waals surface area contributed by atoms with Gasteiger partial charge in [-0.1, -0.05) is 12.1 Å². The van der Waals surface area contributed by atoms with Gasteiger partial charge in [-0.2, -0.15) is 0 Å². The van der Waals surface area contributed by atoms with Crippen molar-refractivity contribution in [1.29, 1.82) is 0 Å². The fourth-order valence-electron chi connectivity index (χ4n) is 4.45. The van der Waals surface area contributed by atoms with Crippen molar-refractivity contribution in [3.63, 3.8) is 0 Å². The summed E-state index contributed by atoms with van der Waals surface area (Å²) in [4.78, 5) is 18.6. The number of nitrogens with zero attached hydrogens (tertiary/aromatic N) is 3. The third-order valence-electron chi connectivity index (χ3n) is 6.28. The largest absolute Gasteiger partial charge is 0.341 e. The molecule has 1 atom stereocenters. The molecule has 1 fully saturated rings. The Morgan fingerprint density at radius 2 is 1.62 bits per heavy atom. The first-order valence-corrected chi connectivity index (χ1v) is 11.0. The van der Waals surface area contributed by atoms with Crippen molar-refractivity contribution in [2.75, 3.05) is 40.8 Å². The molecule has 0 N–H and O–H groups in total. The average molecular weight is 448 g/mol. The van der Waals surface area contributed by atoms with E-state index in [1.807, 2.05) is 30.9 Å². The molecule has 1 unspecified atom stereocenters. The molecule has 1 heterocycles. The van der Waals surface area contributed by atoms with Gasteiger partial charge in [-0.05, 0) is 88.3 Å². The lowest BCUT2D eigenvalue weighted by molar-refractivity contribution is -0.134. The number of hydrogen-bond acceptors (Lipinski definition) is 3. The Kier molecular flexibility index (Phi) is 8.32. The molecule has 1 aliphatic rings. The van der Waals surface area contributed by atoms with Gasteiger partial charge in [-0.3, -0.25) is 9.69 Å². The molecule has 4 nitrogen and oxygen atoms in total. The van der Waals surface area contributed by atoms with E-state index in [-0.39, 0.29) is 23.7 Å². The molecule has 1 aliphatic heterocycles. The normalized spacial score (nSPS) is 16.3. The fraction of sp³-hybridized carbons (Fsp3) is 0.480. The number of hydrogen-bond donors (Lipinski definition) is 0. The molecule has 32 heavy (non-hydrogen) atoms. The van der Waals surface area contributed by atoms with Gasteiger partial charge in [0.2, 0.25) is 5.91 Å². The van der Waals surface area contributed by atoms with Crippen LogP contribution in [0.25, 0.3) is 0 Å². The topological polar surface area (TPSA) is 26.8 Å². The smallest absolute Gasteiger partial charge is 0.236 e. The molecule has 2 aromatic rings. The summed E-state index contributed by atoms with van der Waals surface area (Å²) < 4.78 is 40.9. The second-order valence-corrected chi connectivity index (χ2v) is 8.99. The summed E-state index contributed by atoms with van der Waals surface area (Å²) in [5, 5.41) is 0. The maximum absolute atomic E-state index is 14.0. The lowest BCUT2D eigenvalue weighted by Crippen LogP contribution is -2.49. The number of benzene rings is 2. The molecule has 7 heteroatoms. The van der Waals surface area contributed by atoms with E-state index in [4.69, 9.17) is 0 Å². The summed E-state index contributed by atoms with van der Waals surface area (Å²) in [5.74, 6) is -0.787. The molecule has 0 bridgehead atoms. The highest BCUT2D eigenvalue weighted by atomic mass is 19.1. The third-order valence-corrected chi connectivity index (χ3v) is 6.28. The highest BCUT2D eigenvalue weighted by molar-refractivity contribution is 5.78. The van der Waals surface area contributed by atoms with E-state index in [9.17, 15) is 18.0 Å². The number of carbonyl (C=O) groups is 1. The Hall–Kier alpha value is -2.38. The molecular formula is C25H32F3N3O. The van der Waals surface area contributed by atoms with Crippen LogP contribution in [0, 0.1) is 23.4 Å².